The fourth-order valence-corrected chi connectivity index (χ4v) is 2.40. The average molecular weight is 275 g/mol. The van der Waals surface area contributed by atoms with Crippen molar-refractivity contribution in [1.82, 2.24) is 4.72 Å². The number of carbonyl (C=O) groups is 1. The van der Waals surface area contributed by atoms with Gasteiger partial charge in [-0.15, -0.1) is 0 Å². The molecule has 0 aliphatic carbocycles. The maximum absolute atomic E-state index is 12.7. The molecule has 1 aromatic carbocycles. The number of hydrogen-bond donors (Lipinski definition) is 2. The lowest BCUT2D eigenvalue weighted by atomic mass is 10.1. The van der Waals surface area contributed by atoms with E-state index in [0.717, 1.165) is 6.92 Å². The van der Waals surface area contributed by atoms with E-state index < -0.39 is 33.1 Å². The zero-order valence-electron chi connectivity index (χ0n) is 9.92. The number of nitrogens with one attached hydrogen (secondary N) is 1. The third kappa shape index (κ3) is 3.51. The Labute approximate surface area is 105 Å². The molecule has 5 nitrogen and oxygen atoms in total. The maximum atomic E-state index is 12.7. The Kier molecular flexibility index (Phi) is 4.42. The standard InChI is InChI=1S/C11H14FNO4S/c1-7(9-3-5-10(12)6-4-9)13-18(16,17)8(2)11(14)15/h3-8,13H,1-2H3,(H,14,15)/t7-,8?/m1/s1. The summed E-state index contributed by atoms with van der Waals surface area (Å²) < 4.78 is 38.3. The predicted molar refractivity (Wildman–Crippen MR) is 64.0 cm³/mol. The van der Waals surface area contributed by atoms with Gasteiger partial charge in [0, 0.05) is 6.04 Å². The summed E-state index contributed by atoms with van der Waals surface area (Å²) in [5, 5.41) is 7.13. The van der Waals surface area contributed by atoms with Gasteiger partial charge in [-0.3, -0.25) is 4.79 Å². The first-order valence-electron chi connectivity index (χ1n) is 5.23. The lowest BCUT2D eigenvalue weighted by molar-refractivity contribution is -0.136. The number of hydrogen-bond acceptors (Lipinski definition) is 3. The Morgan fingerprint density at radius 3 is 2.22 bits per heavy atom. The highest BCUT2D eigenvalue weighted by molar-refractivity contribution is 7.90. The Bertz CT molecular complexity index is 526. The fourth-order valence-electron chi connectivity index (χ4n) is 1.30. The van der Waals surface area contributed by atoms with Gasteiger partial charge in [-0.25, -0.2) is 17.5 Å². The van der Waals surface area contributed by atoms with Crippen LogP contribution in [0.25, 0.3) is 0 Å². The van der Waals surface area contributed by atoms with Gasteiger partial charge in [-0.05, 0) is 31.5 Å². The summed E-state index contributed by atoms with van der Waals surface area (Å²) in [5.41, 5.74) is 0.553. The molecule has 100 valence electrons. The van der Waals surface area contributed by atoms with Gasteiger partial charge in [-0.1, -0.05) is 12.1 Å². The molecule has 0 aliphatic rings. The van der Waals surface area contributed by atoms with Gasteiger partial charge in [0.2, 0.25) is 10.0 Å². The second-order valence-electron chi connectivity index (χ2n) is 3.92. The van der Waals surface area contributed by atoms with Gasteiger partial charge in [0.15, 0.2) is 5.25 Å². The zero-order chi connectivity index (χ0) is 13.9. The molecule has 1 rings (SSSR count). The van der Waals surface area contributed by atoms with Crippen molar-refractivity contribution >= 4 is 16.0 Å². The quantitative estimate of drug-likeness (QED) is 0.848. The fraction of sp³-hybridized carbons (Fsp3) is 0.364. The molecule has 18 heavy (non-hydrogen) atoms. The summed E-state index contributed by atoms with van der Waals surface area (Å²) >= 11 is 0. The van der Waals surface area contributed by atoms with Crippen molar-refractivity contribution in [2.75, 3.05) is 0 Å². The minimum Gasteiger partial charge on any atom is -0.480 e. The highest BCUT2D eigenvalue weighted by Gasteiger charge is 2.29. The summed E-state index contributed by atoms with van der Waals surface area (Å²) in [6.07, 6.45) is 0. The molecule has 0 saturated heterocycles. The molecule has 7 heteroatoms. The van der Waals surface area contributed by atoms with Crippen molar-refractivity contribution < 1.29 is 22.7 Å². The molecule has 0 fully saturated rings. The molecule has 0 aliphatic heterocycles. The third-order valence-corrected chi connectivity index (χ3v) is 4.34. The van der Waals surface area contributed by atoms with Crippen molar-refractivity contribution in [1.29, 1.82) is 0 Å². The van der Waals surface area contributed by atoms with E-state index in [0.29, 0.717) is 5.56 Å². The average Bonchev–Trinajstić information content (AvgIpc) is 2.28. The van der Waals surface area contributed by atoms with Crippen LogP contribution in [0.2, 0.25) is 0 Å². The van der Waals surface area contributed by atoms with Crippen molar-refractivity contribution in [3.05, 3.63) is 35.6 Å². The van der Waals surface area contributed by atoms with E-state index in [-0.39, 0.29) is 0 Å². The molecular weight excluding hydrogens is 261 g/mol. The molecule has 0 bridgehead atoms. The second kappa shape index (κ2) is 5.45. The molecule has 1 unspecified atom stereocenters. The molecule has 2 atom stereocenters. The van der Waals surface area contributed by atoms with Gasteiger partial charge in [-0.2, -0.15) is 0 Å². The Morgan fingerprint density at radius 1 is 1.28 bits per heavy atom. The van der Waals surface area contributed by atoms with Crippen LogP contribution < -0.4 is 4.72 Å². The Morgan fingerprint density at radius 2 is 1.78 bits per heavy atom. The van der Waals surface area contributed by atoms with E-state index in [9.17, 15) is 17.6 Å². The minimum absolute atomic E-state index is 0.423. The third-order valence-electron chi connectivity index (χ3n) is 2.52. The summed E-state index contributed by atoms with van der Waals surface area (Å²) in [6.45, 7) is 2.64. The van der Waals surface area contributed by atoms with Crippen LogP contribution in [-0.2, 0) is 14.8 Å². The Hall–Kier alpha value is -1.47. The highest BCUT2D eigenvalue weighted by Crippen LogP contribution is 2.15. The first kappa shape index (κ1) is 14.6. The normalized spacial score (nSPS) is 15.1. The van der Waals surface area contributed by atoms with E-state index >= 15 is 0 Å². The van der Waals surface area contributed by atoms with Crippen LogP contribution in [0.1, 0.15) is 25.5 Å². The van der Waals surface area contributed by atoms with Gasteiger partial charge >= 0.3 is 5.97 Å². The lowest BCUT2D eigenvalue weighted by Gasteiger charge is -2.16. The van der Waals surface area contributed by atoms with Crippen LogP contribution in [0, 0.1) is 5.82 Å². The molecule has 1 aromatic rings. The van der Waals surface area contributed by atoms with Crippen molar-refractivity contribution in [2.24, 2.45) is 0 Å². The molecule has 0 amide bonds. The van der Waals surface area contributed by atoms with Crippen LogP contribution in [-0.4, -0.2) is 24.7 Å². The van der Waals surface area contributed by atoms with Crippen molar-refractivity contribution in [3.8, 4) is 0 Å². The molecule has 0 aromatic heterocycles. The smallest absolute Gasteiger partial charge is 0.323 e. The molecule has 0 heterocycles. The number of sulfonamides is 1. The predicted octanol–water partition coefficient (Wildman–Crippen LogP) is 1.28. The van der Waals surface area contributed by atoms with Crippen LogP contribution in [0.4, 0.5) is 4.39 Å². The minimum atomic E-state index is -3.96. The summed E-state index contributed by atoms with van der Waals surface area (Å²) in [5.74, 6) is -1.85. The molecule has 0 saturated carbocycles. The molecule has 0 radical (unpaired) electrons. The largest absolute Gasteiger partial charge is 0.480 e. The summed E-state index contributed by atoms with van der Waals surface area (Å²) in [6, 6.07) is 4.67. The first-order valence-corrected chi connectivity index (χ1v) is 6.78. The van der Waals surface area contributed by atoms with E-state index in [2.05, 4.69) is 4.72 Å². The van der Waals surface area contributed by atoms with Gasteiger partial charge in [0.25, 0.3) is 0 Å². The van der Waals surface area contributed by atoms with Crippen LogP contribution in [0.15, 0.2) is 24.3 Å². The van der Waals surface area contributed by atoms with Gasteiger partial charge in [0.05, 0.1) is 0 Å². The maximum Gasteiger partial charge on any atom is 0.323 e. The summed E-state index contributed by atoms with van der Waals surface area (Å²) in [4.78, 5) is 10.6. The number of carboxylic acid groups (broad SMARTS) is 1. The van der Waals surface area contributed by atoms with Crippen molar-refractivity contribution in [3.63, 3.8) is 0 Å². The van der Waals surface area contributed by atoms with Crippen LogP contribution in [0.5, 0.6) is 0 Å². The number of rotatable bonds is 5. The number of benzene rings is 1. The second-order valence-corrected chi connectivity index (χ2v) is 5.95. The van der Waals surface area contributed by atoms with Gasteiger partial charge < -0.3 is 5.11 Å². The monoisotopic (exact) mass is 275 g/mol. The van der Waals surface area contributed by atoms with E-state index in [1.807, 2.05) is 0 Å². The van der Waals surface area contributed by atoms with Crippen LogP contribution >= 0.6 is 0 Å². The van der Waals surface area contributed by atoms with E-state index in [1.54, 1.807) is 6.92 Å². The molecular formula is C11H14FNO4S. The molecule has 2 N–H and O–H groups in total. The summed E-state index contributed by atoms with van der Waals surface area (Å²) in [7, 11) is -3.96. The first-order chi connectivity index (χ1) is 8.24. The number of aliphatic carboxylic acids is 1. The topological polar surface area (TPSA) is 83.5 Å². The zero-order valence-corrected chi connectivity index (χ0v) is 10.7. The lowest BCUT2D eigenvalue weighted by Crippen LogP contribution is -2.38. The SMILES string of the molecule is CC(C(=O)O)S(=O)(=O)N[C@H](C)c1ccc(F)cc1. The van der Waals surface area contributed by atoms with Gasteiger partial charge in [0.1, 0.15) is 5.82 Å². The Balaban J connectivity index is 2.85. The van der Waals surface area contributed by atoms with E-state index in [4.69, 9.17) is 5.11 Å². The number of carboxylic acids is 1. The van der Waals surface area contributed by atoms with Crippen LogP contribution in [0.3, 0.4) is 0 Å². The van der Waals surface area contributed by atoms with Crippen molar-refractivity contribution in [2.45, 2.75) is 25.1 Å². The van der Waals surface area contributed by atoms with E-state index in [1.165, 1.54) is 24.3 Å². The number of halogens is 1. The highest BCUT2D eigenvalue weighted by atomic mass is 32.2. The molecule has 0 spiro atoms.